The van der Waals surface area contributed by atoms with E-state index >= 15 is 0 Å². The van der Waals surface area contributed by atoms with Crippen molar-refractivity contribution in [3.05, 3.63) is 35.6 Å². The number of sulfone groups is 1. The van der Waals surface area contributed by atoms with Crippen LogP contribution >= 0.6 is 0 Å². The second-order valence-electron chi connectivity index (χ2n) is 5.57. The number of rotatable bonds is 8. The molecule has 1 aromatic rings. The first-order chi connectivity index (χ1) is 10.3. The number of benzene rings is 1. The second kappa shape index (κ2) is 8.27. The van der Waals surface area contributed by atoms with Crippen molar-refractivity contribution in [2.75, 3.05) is 12.8 Å². The zero-order chi connectivity index (χ0) is 16.8. The van der Waals surface area contributed by atoms with Gasteiger partial charge >= 0.3 is 0 Å². The van der Waals surface area contributed by atoms with Crippen LogP contribution in [0.2, 0.25) is 0 Å². The van der Waals surface area contributed by atoms with E-state index in [9.17, 15) is 17.6 Å². The molecule has 124 valence electrons. The molecule has 0 aliphatic carbocycles. The van der Waals surface area contributed by atoms with E-state index in [-0.39, 0.29) is 5.82 Å². The fourth-order valence-electron chi connectivity index (χ4n) is 2.07. The number of halogens is 1. The molecule has 0 spiro atoms. The highest BCUT2D eigenvalue weighted by Gasteiger charge is 2.28. The number of amides is 1. The molecule has 0 fully saturated rings. The Hall–Kier alpha value is -1.43. The van der Waals surface area contributed by atoms with Gasteiger partial charge in [-0.15, -0.1) is 0 Å². The molecule has 0 saturated carbocycles. The molecular formula is C16H24FNO3S. The number of nitrogens with zero attached hydrogens (tertiary/aromatic N) is 1. The maximum atomic E-state index is 13.0. The summed E-state index contributed by atoms with van der Waals surface area (Å²) in [4.78, 5) is 14.0. The number of unbranched alkanes of at least 4 members (excludes halogenated alkanes) is 2. The van der Waals surface area contributed by atoms with Gasteiger partial charge in [0.05, 0.1) is 0 Å². The minimum absolute atomic E-state index is 0.294. The normalized spacial score (nSPS) is 12.9. The van der Waals surface area contributed by atoms with Gasteiger partial charge in [-0.25, -0.2) is 12.8 Å². The zero-order valence-electron chi connectivity index (χ0n) is 13.4. The predicted octanol–water partition coefficient (Wildman–Crippen LogP) is 2.78. The van der Waals surface area contributed by atoms with Gasteiger partial charge in [0.2, 0.25) is 5.91 Å². The van der Waals surface area contributed by atoms with E-state index in [1.54, 1.807) is 17.0 Å². The van der Waals surface area contributed by atoms with Crippen molar-refractivity contribution in [3.63, 3.8) is 0 Å². The lowest BCUT2D eigenvalue weighted by atomic mass is 10.2. The van der Waals surface area contributed by atoms with Crippen molar-refractivity contribution in [1.82, 2.24) is 4.90 Å². The van der Waals surface area contributed by atoms with Crippen LogP contribution in [0, 0.1) is 5.82 Å². The summed E-state index contributed by atoms with van der Waals surface area (Å²) in [6.45, 7) is 4.27. The Morgan fingerprint density at radius 1 is 1.23 bits per heavy atom. The first kappa shape index (κ1) is 18.6. The summed E-state index contributed by atoms with van der Waals surface area (Å²) in [7, 11) is -3.43. The van der Waals surface area contributed by atoms with Crippen molar-refractivity contribution < 1.29 is 17.6 Å². The van der Waals surface area contributed by atoms with Crippen LogP contribution in [0.1, 0.15) is 38.7 Å². The zero-order valence-corrected chi connectivity index (χ0v) is 14.2. The summed E-state index contributed by atoms with van der Waals surface area (Å²) in [5, 5.41) is -1.06. The molecule has 22 heavy (non-hydrogen) atoms. The van der Waals surface area contributed by atoms with Crippen molar-refractivity contribution in [3.8, 4) is 0 Å². The molecule has 1 unspecified atom stereocenters. The molecule has 1 rings (SSSR count). The van der Waals surface area contributed by atoms with Crippen LogP contribution in [0.25, 0.3) is 0 Å². The SMILES string of the molecule is CCCCCN(Cc1ccc(F)cc1)C(=O)C(C)S(C)(=O)=O. The van der Waals surface area contributed by atoms with Crippen LogP contribution < -0.4 is 0 Å². The molecule has 0 saturated heterocycles. The minimum atomic E-state index is -3.43. The van der Waals surface area contributed by atoms with Gasteiger partial charge in [0.1, 0.15) is 11.1 Å². The monoisotopic (exact) mass is 329 g/mol. The summed E-state index contributed by atoms with van der Waals surface area (Å²) in [5.41, 5.74) is 0.784. The number of hydrogen-bond acceptors (Lipinski definition) is 3. The third-order valence-electron chi connectivity index (χ3n) is 3.62. The maximum absolute atomic E-state index is 13.0. The third-order valence-corrected chi connectivity index (χ3v) is 5.11. The fourth-order valence-corrected chi connectivity index (χ4v) is 2.59. The molecule has 1 aromatic carbocycles. The Kier molecular flexibility index (Phi) is 7.00. The van der Waals surface area contributed by atoms with Crippen LogP contribution in [0.15, 0.2) is 24.3 Å². The average molecular weight is 329 g/mol. The Balaban J connectivity index is 2.87. The summed E-state index contributed by atoms with van der Waals surface area (Å²) < 4.78 is 36.2. The van der Waals surface area contributed by atoms with E-state index in [1.807, 2.05) is 0 Å². The smallest absolute Gasteiger partial charge is 0.240 e. The van der Waals surface area contributed by atoms with Crippen molar-refractivity contribution in [2.24, 2.45) is 0 Å². The highest BCUT2D eigenvalue weighted by molar-refractivity contribution is 7.92. The quantitative estimate of drug-likeness (QED) is 0.689. The van der Waals surface area contributed by atoms with Crippen LogP contribution in [-0.2, 0) is 21.2 Å². The lowest BCUT2D eigenvalue weighted by Gasteiger charge is -2.25. The number of carbonyl (C=O) groups is 1. The molecule has 0 N–H and O–H groups in total. The molecule has 0 aliphatic heterocycles. The molecular weight excluding hydrogens is 305 g/mol. The topological polar surface area (TPSA) is 54.5 Å². The van der Waals surface area contributed by atoms with Gasteiger partial charge in [-0.3, -0.25) is 4.79 Å². The molecule has 0 radical (unpaired) electrons. The van der Waals surface area contributed by atoms with Gasteiger partial charge in [0, 0.05) is 19.3 Å². The van der Waals surface area contributed by atoms with E-state index in [4.69, 9.17) is 0 Å². The number of hydrogen-bond donors (Lipinski definition) is 0. The minimum Gasteiger partial charge on any atom is -0.337 e. The summed E-state index contributed by atoms with van der Waals surface area (Å²) in [5.74, 6) is -0.736. The molecule has 0 aromatic heterocycles. The standard InChI is InChI=1S/C16H24FNO3S/c1-4-5-6-11-18(16(19)13(2)22(3,20)21)12-14-7-9-15(17)10-8-14/h7-10,13H,4-6,11-12H2,1-3H3. The molecule has 6 heteroatoms. The van der Waals surface area contributed by atoms with Crippen molar-refractivity contribution in [2.45, 2.75) is 44.9 Å². The molecule has 0 aliphatic rings. The van der Waals surface area contributed by atoms with Gasteiger partial charge in [-0.05, 0) is 31.0 Å². The molecule has 1 atom stereocenters. The Bertz CT molecular complexity index is 584. The van der Waals surface area contributed by atoms with E-state index < -0.39 is 21.0 Å². The summed E-state index contributed by atoms with van der Waals surface area (Å²) in [6.07, 6.45) is 3.87. The number of carbonyl (C=O) groups excluding carboxylic acids is 1. The maximum Gasteiger partial charge on any atom is 0.240 e. The van der Waals surface area contributed by atoms with Crippen LogP contribution in [0.5, 0.6) is 0 Å². The Labute approximate surface area is 132 Å². The molecule has 4 nitrogen and oxygen atoms in total. The van der Waals surface area contributed by atoms with Crippen LogP contribution in [0.3, 0.4) is 0 Å². The highest BCUT2D eigenvalue weighted by Crippen LogP contribution is 2.12. The van der Waals surface area contributed by atoms with Crippen molar-refractivity contribution in [1.29, 1.82) is 0 Å². The van der Waals surface area contributed by atoms with E-state index in [0.717, 1.165) is 31.1 Å². The van der Waals surface area contributed by atoms with E-state index in [1.165, 1.54) is 19.1 Å². The lowest BCUT2D eigenvalue weighted by molar-refractivity contribution is -0.131. The summed E-state index contributed by atoms with van der Waals surface area (Å²) >= 11 is 0. The lowest BCUT2D eigenvalue weighted by Crippen LogP contribution is -2.41. The Morgan fingerprint density at radius 2 is 1.82 bits per heavy atom. The average Bonchev–Trinajstić information content (AvgIpc) is 2.46. The largest absolute Gasteiger partial charge is 0.337 e. The van der Waals surface area contributed by atoms with Crippen LogP contribution in [-0.4, -0.2) is 37.3 Å². The first-order valence-electron chi connectivity index (χ1n) is 7.47. The Morgan fingerprint density at radius 3 is 2.32 bits per heavy atom. The van der Waals surface area contributed by atoms with Gasteiger partial charge in [-0.1, -0.05) is 31.9 Å². The third kappa shape index (κ3) is 5.75. The first-order valence-corrected chi connectivity index (χ1v) is 9.43. The van der Waals surface area contributed by atoms with Gasteiger partial charge < -0.3 is 4.90 Å². The van der Waals surface area contributed by atoms with Crippen molar-refractivity contribution >= 4 is 15.7 Å². The van der Waals surface area contributed by atoms with Gasteiger partial charge in [0.15, 0.2) is 9.84 Å². The van der Waals surface area contributed by atoms with E-state index in [0.29, 0.717) is 13.1 Å². The fraction of sp³-hybridized carbons (Fsp3) is 0.562. The van der Waals surface area contributed by atoms with Gasteiger partial charge in [-0.2, -0.15) is 0 Å². The molecule has 1 amide bonds. The van der Waals surface area contributed by atoms with Crippen LogP contribution in [0.4, 0.5) is 4.39 Å². The highest BCUT2D eigenvalue weighted by atomic mass is 32.2. The van der Waals surface area contributed by atoms with E-state index in [2.05, 4.69) is 6.92 Å². The van der Waals surface area contributed by atoms with Gasteiger partial charge in [0.25, 0.3) is 0 Å². The summed E-state index contributed by atoms with van der Waals surface area (Å²) in [6, 6.07) is 5.90. The molecule has 0 bridgehead atoms. The predicted molar refractivity (Wildman–Crippen MR) is 85.6 cm³/mol. The molecule has 0 heterocycles. The second-order valence-corrected chi connectivity index (χ2v) is 7.93.